The van der Waals surface area contributed by atoms with Crippen molar-refractivity contribution in [3.05, 3.63) is 82.1 Å². The zero-order chi connectivity index (χ0) is 21.6. The summed E-state index contributed by atoms with van der Waals surface area (Å²) in [7, 11) is 0. The highest BCUT2D eigenvalue weighted by Gasteiger charge is 2.24. The Labute approximate surface area is 183 Å². The highest BCUT2D eigenvalue weighted by molar-refractivity contribution is 8.18. The van der Waals surface area contributed by atoms with E-state index < -0.39 is 0 Å². The van der Waals surface area contributed by atoms with Crippen molar-refractivity contribution < 1.29 is 18.7 Å². The Bertz CT molecular complexity index is 1200. The first-order valence-corrected chi connectivity index (χ1v) is 10.3. The summed E-state index contributed by atoms with van der Waals surface area (Å²) in [5, 5.41) is 1.88. The molecule has 154 valence electrons. The molecule has 6 nitrogen and oxygen atoms in total. The number of hydrogen-bond acceptors (Lipinski definition) is 6. The fourth-order valence-electron chi connectivity index (χ4n) is 2.84. The fraction of sp³-hybridized carbons (Fsp3) is 0.125. The molecule has 1 N–H and O–H groups in total. The Balaban J connectivity index is 1.30. The number of nitrogens with zero attached hydrogens (tertiary/aromatic N) is 1. The van der Waals surface area contributed by atoms with Crippen LogP contribution in [0.4, 0.5) is 4.79 Å². The van der Waals surface area contributed by atoms with E-state index in [1.165, 1.54) is 0 Å². The van der Waals surface area contributed by atoms with Gasteiger partial charge in [-0.1, -0.05) is 42.2 Å². The van der Waals surface area contributed by atoms with Gasteiger partial charge >= 0.3 is 0 Å². The zero-order valence-corrected chi connectivity index (χ0v) is 17.5. The summed E-state index contributed by atoms with van der Waals surface area (Å²) >= 11 is 0.897. The predicted octanol–water partition coefficient (Wildman–Crippen LogP) is 4.54. The molecule has 0 unspecified atom stereocenters. The zero-order valence-electron chi connectivity index (χ0n) is 16.7. The standard InChI is InChI=1S/C24H18N2O4S/c1-16-20(25-23(30-16)19-7-3-2-4-8-19)15-29-13-5-6-17-9-11-18(12-10-17)14-21-22(27)26-24(28)31-21/h2-4,7-12,14H,13,15H2,1H3,(H,26,27,28). The van der Waals surface area contributed by atoms with Gasteiger partial charge < -0.3 is 9.15 Å². The van der Waals surface area contributed by atoms with Crippen LogP contribution in [0, 0.1) is 18.8 Å². The fourth-order valence-corrected chi connectivity index (χ4v) is 3.52. The molecule has 0 aliphatic carbocycles. The molecule has 2 amide bonds. The topological polar surface area (TPSA) is 81.4 Å². The summed E-state index contributed by atoms with van der Waals surface area (Å²) in [6, 6.07) is 17.1. The second-order valence-corrected chi connectivity index (χ2v) is 7.67. The predicted molar refractivity (Wildman–Crippen MR) is 119 cm³/mol. The molecule has 3 aromatic rings. The third-order valence-corrected chi connectivity index (χ3v) is 5.22. The molecule has 2 heterocycles. The number of aryl methyl sites for hydroxylation is 1. The molecule has 0 bridgehead atoms. The number of aromatic nitrogens is 1. The average molecular weight is 430 g/mol. The van der Waals surface area contributed by atoms with Crippen LogP contribution in [0.25, 0.3) is 17.5 Å². The van der Waals surface area contributed by atoms with Crippen LogP contribution in [-0.2, 0) is 16.1 Å². The maximum absolute atomic E-state index is 11.6. The number of thioether (sulfide) groups is 1. The van der Waals surface area contributed by atoms with E-state index >= 15 is 0 Å². The minimum absolute atomic E-state index is 0.262. The Kier molecular flexibility index (Phi) is 6.32. The van der Waals surface area contributed by atoms with Crippen molar-refractivity contribution in [1.82, 2.24) is 10.3 Å². The third kappa shape index (κ3) is 5.31. The van der Waals surface area contributed by atoms with Crippen LogP contribution in [0.1, 0.15) is 22.6 Å². The molecule has 1 aliphatic heterocycles. The minimum atomic E-state index is -0.366. The average Bonchev–Trinajstić information content (AvgIpc) is 3.30. The summed E-state index contributed by atoms with van der Waals surface area (Å²) in [6.07, 6.45) is 1.68. The third-order valence-electron chi connectivity index (χ3n) is 4.41. The summed E-state index contributed by atoms with van der Waals surface area (Å²) in [5.41, 5.74) is 3.33. The van der Waals surface area contributed by atoms with Crippen LogP contribution >= 0.6 is 11.8 Å². The molecule has 0 saturated carbocycles. The number of carbonyl (C=O) groups excluding carboxylic acids is 2. The van der Waals surface area contributed by atoms with Crippen LogP contribution in [0.2, 0.25) is 0 Å². The van der Waals surface area contributed by atoms with Gasteiger partial charge in [0.2, 0.25) is 5.89 Å². The first-order valence-electron chi connectivity index (χ1n) is 9.52. The highest BCUT2D eigenvalue weighted by Crippen LogP contribution is 2.25. The summed E-state index contributed by atoms with van der Waals surface area (Å²) in [4.78, 5) is 27.7. The van der Waals surface area contributed by atoms with Crippen LogP contribution in [0.3, 0.4) is 0 Å². The smallest absolute Gasteiger partial charge is 0.290 e. The molecule has 0 radical (unpaired) electrons. The van der Waals surface area contributed by atoms with E-state index in [4.69, 9.17) is 9.15 Å². The van der Waals surface area contributed by atoms with Gasteiger partial charge in [0, 0.05) is 11.1 Å². The lowest BCUT2D eigenvalue weighted by Crippen LogP contribution is -2.17. The minimum Gasteiger partial charge on any atom is -0.441 e. The maximum atomic E-state index is 11.6. The highest BCUT2D eigenvalue weighted by atomic mass is 32.2. The molecule has 0 atom stereocenters. The summed E-state index contributed by atoms with van der Waals surface area (Å²) < 4.78 is 11.3. The monoisotopic (exact) mass is 430 g/mol. The van der Waals surface area contributed by atoms with Crippen LogP contribution in [0.15, 0.2) is 63.9 Å². The van der Waals surface area contributed by atoms with Gasteiger partial charge in [0.1, 0.15) is 18.1 Å². The van der Waals surface area contributed by atoms with E-state index in [0.29, 0.717) is 17.4 Å². The van der Waals surface area contributed by atoms with Crippen molar-refractivity contribution in [3.8, 4) is 23.3 Å². The van der Waals surface area contributed by atoms with Crippen molar-refractivity contribution in [1.29, 1.82) is 0 Å². The van der Waals surface area contributed by atoms with E-state index in [1.54, 1.807) is 6.08 Å². The molecular weight excluding hydrogens is 412 g/mol. The number of ether oxygens (including phenoxy) is 1. The van der Waals surface area contributed by atoms with E-state index in [1.807, 2.05) is 61.5 Å². The second-order valence-electron chi connectivity index (χ2n) is 6.66. The molecule has 1 fully saturated rings. The number of imide groups is 1. The largest absolute Gasteiger partial charge is 0.441 e. The SMILES string of the molecule is Cc1oc(-c2ccccc2)nc1COCC#Cc1ccc(C=C2SC(=O)NC2=O)cc1. The maximum Gasteiger partial charge on any atom is 0.290 e. The van der Waals surface area contributed by atoms with Gasteiger partial charge in [-0.05, 0) is 54.6 Å². The van der Waals surface area contributed by atoms with Crippen LogP contribution in [0.5, 0.6) is 0 Å². The number of benzene rings is 2. The van der Waals surface area contributed by atoms with E-state index in [-0.39, 0.29) is 17.8 Å². The van der Waals surface area contributed by atoms with Crippen LogP contribution < -0.4 is 5.32 Å². The molecule has 1 saturated heterocycles. The lowest BCUT2D eigenvalue weighted by atomic mass is 10.1. The summed E-state index contributed by atoms with van der Waals surface area (Å²) in [6.45, 7) is 2.45. The Morgan fingerprint density at radius 1 is 1.13 bits per heavy atom. The van der Waals surface area contributed by atoms with Crippen molar-refractivity contribution in [2.45, 2.75) is 13.5 Å². The van der Waals surface area contributed by atoms with Gasteiger partial charge in [0.15, 0.2) is 0 Å². The van der Waals surface area contributed by atoms with E-state index in [9.17, 15) is 9.59 Å². The molecule has 31 heavy (non-hydrogen) atoms. The summed E-state index contributed by atoms with van der Waals surface area (Å²) in [5.74, 6) is 6.95. The molecule has 1 aliphatic rings. The van der Waals surface area contributed by atoms with E-state index in [0.717, 1.165) is 39.9 Å². The van der Waals surface area contributed by atoms with Crippen LogP contribution in [-0.4, -0.2) is 22.7 Å². The van der Waals surface area contributed by atoms with Crippen molar-refractivity contribution in [3.63, 3.8) is 0 Å². The van der Waals surface area contributed by atoms with Gasteiger partial charge in [-0.3, -0.25) is 14.9 Å². The molecular formula is C24H18N2O4S. The molecule has 4 rings (SSSR count). The molecule has 1 aromatic heterocycles. The number of carbonyl (C=O) groups is 2. The second kappa shape index (κ2) is 9.47. The van der Waals surface area contributed by atoms with Gasteiger partial charge in [0.25, 0.3) is 11.1 Å². The van der Waals surface area contributed by atoms with E-state index in [2.05, 4.69) is 22.1 Å². The van der Waals surface area contributed by atoms with Crippen molar-refractivity contribution in [2.24, 2.45) is 0 Å². The van der Waals surface area contributed by atoms with Crippen molar-refractivity contribution in [2.75, 3.05) is 6.61 Å². The normalized spacial score (nSPS) is 14.4. The molecule has 2 aromatic carbocycles. The Morgan fingerprint density at radius 2 is 1.90 bits per heavy atom. The number of oxazole rings is 1. The Morgan fingerprint density at radius 3 is 2.61 bits per heavy atom. The lowest BCUT2D eigenvalue weighted by Gasteiger charge is -1.97. The van der Waals surface area contributed by atoms with Gasteiger partial charge in [-0.15, -0.1) is 0 Å². The van der Waals surface area contributed by atoms with Gasteiger partial charge in [-0.25, -0.2) is 4.98 Å². The number of amides is 2. The van der Waals surface area contributed by atoms with Crippen molar-refractivity contribution >= 4 is 29.0 Å². The van der Waals surface area contributed by atoms with Gasteiger partial charge in [0.05, 0.1) is 11.5 Å². The quantitative estimate of drug-likeness (QED) is 0.364. The first kappa shape index (κ1) is 20.7. The Hall–Kier alpha value is -3.60. The lowest BCUT2D eigenvalue weighted by molar-refractivity contribution is -0.115. The number of rotatable bonds is 5. The molecule has 0 spiro atoms. The first-order chi connectivity index (χ1) is 15.1. The number of nitrogens with one attached hydrogen (secondary N) is 1. The number of hydrogen-bond donors (Lipinski definition) is 1. The van der Waals surface area contributed by atoms with Gasteiger partial charge in [-0.2, -0.15) is 0 Å². The molecule has 7 heteroatoms.